The number of rotatable bonds is 3. The van der Waals surface area contributed by atoms with Gasteiger partial charge in [0, 0.05) is 0 Å². The van der Waals surface area contributed by atoms with Gasteiger partial charge in [-0.15, -0.1) is 0 Å². The minimum atomic E-state index is -0.446. The van der Waals surface area contributed by atoms with Crippen LogP contribution in [0.4, 0.5) is 0 Å². The van der Waals surface area contributed by atoms with Crippen LogP contribution >= 0.6 is 7.92 Å². The Balaban J connectivity index is 0.00000110. The quantitative estimate of drug-likeness (QED) is 0.444. The molecule has 106 valence electrons. The van der Waals surface area contributed by atoms with Crippen LogP contribution in [0.1, 0.15) is 0 Å². The van der Waals surface area contributed by atoms with E-state index in [2.05, 4.69) is 91.0 Å². The Labute approximate surface area is 146 Å². The molecule has 3 aromatic rings. The first kappa shape index (κ1) is 18.1. The van der Waals surface area contributed by atoms with Crippen molar-refractivity contribution < 1.29 is 31.9 Å². The van der Waals surface area contributed by atoms with Crippen LogP contribution in [0.5, 0.6) is 0 Å². The molecule has 3 heteroatoms. The van der Waals surface area contributed by atoms with Crippen molar-refractivity contribution in [3.63, 3.8) is 0 Å². The zero-order valence-electron chi connectivity index (χ0n) is 11.3. The van der Waals surface area contributed by atoms with Crippen LogP contribution in [0.15, 0.2) is 91.0 Å². The number of hydrogen-bond donors (Lipinski definition) is 0. The Hall–Kier alpha value is -0.997. The molecular weight excluding hydrogens is 384 g/mol. The van der Waals surface area contributed by atoms with E-state index in [1.165, 1.54) is 15.9 Å². The van der Waals surface area contributed by atoms with E-state index in [9.17, 15) is 0 Å². The first-order valence-electron chi connectivity index (χ1n) is 6.40. The van der Waals surface area contributed by atoms with Crippen molar-refractivity contribution in [2.45, 2.75) is 0 Å². The maximum atomic E-state index is 2.23. The van der Waals surface area contributed by atoms with E-state index < -0.39 is 7.92 Å². The summed E-state index contributed by atoms with van der Waals surface area (Å²) in [6, 6.07) is 32.3. The van der Waals surface area contributed by atoms with Gasteiger partial charge in [0.05, 0.1) is 0 Å². The summed E-state index contributed by atoms with van der Waals surface area (Å²) in [5.74, 6) is 0. The molecule has 0 unspecified atom stereocenters. The van der Waals surface area contributed by atoms with Crippen LogP contribution < -0.4 is 28.3 Å². The Bertz CT molecular complexity index is 535. The van der Waals surface area contributed by atoms with Crippen LogP contribution in [-0.4, -0.2) is 0 Å². The standard InChI is InChI=1S/C18H15P.ClH.Ru/c1-4-10-16(11-5-1)19(17-12-6-2-7-13-17)18-14-8-3-9-15-18;;/h1-15H;1H;/q;;+2/p-1. The third-order valence-corrected chi connectivity index (χ3v) is 5.49. The number of benzene rings is 3. The first-order chi connectivity index (χ1) is 9.45. The Morgan fingerprint density at radius 2 is 0.667 bits per heavy atom. The molecule has 0 spiro atoms. The van der Waals surface area contributed by atoms with Gasteiger partial charge in [0.15, 0.2) is 0 Å². The third kappa shape index (κ3) is 4.48. The Morgan fingerprint density at radius 1 is 0.429 bits per heavy atom. The van der Waals surface area contributed by atoms with Crippen molar-refractivity contribution in [3.8, 4) is 0 Å². The van der Waals surface area contributed by atoms with Gasteiger partial charge >= 0.3 is 19.5 Å². The normalized spacial score (nSPS) is 9.57. The first-order valence-corrected chi connectivity index (χ1v) is 7.74. The molecule has 0 bridgehead atoms. The second-order valence-corrected chi connectivity index (χ2v) is 6.56. The van der Waals surface area contributed by atoms with E-state index in [1.54, 1.807) is 0 Å². The average Bonchev–Trinajstić information content (AvgIpc) is 2.51. The van der Waals surface area contributed by atoms with E-state index >= 15 is 0 Å². The average molecular weight is 399 g/mol. The van der Waals surface area contributed by atoms with E-state index in [4.69, 9.17) is 0 Å². The van der Waals surface area contributed by atoms with Crippen LogP contribution in [-0.2, 0) is 19.5 Å². The van der Waals surface area contributed by atoms with Gasteiger partial charge in [-0.25, -0.2) is 0 Å². The molecule has 21 heavy (non-hydrogen) atoms. The molecule has 0 aliphatic rings. The van der Waals surface area contributed by atoms with Crippen molar-refractivity contribution in [3.05, 3.63) is 91.0 Å². The van der Waals surface area contributed by atoms with E-state index in [0.29, 0.717) is 0 Å². The van der Waals surface area contributed by atoms with Gasteiger partial charge in [0.1, 0.15) is 0 Å². The summed E-state index contributed by atoms with van der Waals surface area (Å²) < 4.78 is 0. The molecule has 0 fully saturated rings. The summed E-state index contributed by atoms with van der Waals surface area (Å²) in [4.78, 5) is 0. The second kappa shape index (κ2) is 9.11. The fourth-order valence-corrected chi connectivity index (χ4v) is 4.48. The Morgan fingerprint density at radius 3 is 0.905 bits per heavy atom. The fourth-order valence-electron chi connectivity index (χ4n) is 2.18. The molecule has 0 saturated carbocycles. The molecule has 0 radical (unpaired) electrons. The van der Waals surface area contributed by atoms with Gasteiger partial charge in [-0.2, -0.15) is 0 Å². The van der Waals surface area contributed by atoms with Crippen molar-refractivity contribution >= 4 is 23.8 Å². The summed E-state index contributed by atoms with van der Waals surface area (Å²) in [5.41, 5.74) is 0. The Kier molecular flexibility index (Phi) is 7.83. The van der Waals surface area contributed by atoms with Crippen molar-refractivity contribution in [2.24, 2.45) is 0 Å². The third-order valence-electron chi connectivity index (χ3n) is 3.04. The van der Waals surface area contributed by atoms with Gasteiger partial charge in [-0.1, -0.05) is 91.0 Å². The molecule has 0 N–H and O–H groups in total. The largest absolute Gasteiger partial charge is 2.00 e. The van der Waals surface area contributed by atoms with Gasteiger partial charge in [-0.05, 0) is 23.8 Å². The summed E-state index contributed by atoms with van der Waals surface area (Å²) >= 11 is 0. The monoisotopic (exact) mass is 399 g/mol. The van der Waals surface area contributed by atoms with Gasteiger partial charge in [0.2, 0.25) is 0 Å². The number of halogens is 1. The zero-order chi connectivity index (χ0) is 12.9. The fraction of sp³-hybridized carbons (Fsp3) is 0. The topological polar surface area (TPSA) is 0 Å². The molecule has 3 rings (SSSR count). The molecule has 0 aliphatic heterocycles. The maximum Gasteiger partial charge on any atom is 2.00 e. The zero-order valence-corrected chi connectivity index (χ0v) is 14.7. The van der Waals surface area contributed by atoms with Gasteiger partial charge < -0.3 is 12.4 Å². The van der Waals surface area contributed by atoms with Crippen LogP contribution in [0, 0.1) is 0 Å². The summed E-state index contributed by atoms with van der Waals surface area (Å²) in [7, 11) is -0.446. The van der Waals surface area contributed by atoms with Crippen molar-refractivity contribution in [1.82, 2.24) is 0 Å². The summed E-state index contributed by atoms with van der Waals surface area (Å²) in [6.07, 6.45) is 0. The molecule has 0 nitrogen and oxygen atoms in total. The molecule has 0 aromatic heterocycles. The summed E-state index contributed by atoms with van der Waals surface area (Å²) in [5, 5.41) is 4.19. The van der Waals surface area contributed by atoms with Crippen LogP contribution in [0.25, 0.3) is 0 Å². The molecule has 0 heterocycles. The molecule has 0 atom stereocenters. The molecule has 3 aromatic carbocycles. The van der Waals surface area contributed by atoms with E-state index in [-0.39, 0.29) is 31.9 Å². The van der Waals surface area contributed by atoms with Crippen molar-refractivity contribution in [2.75, 3.05) is 0 Å². The smallest absolute Gasteiger partial charge is 1.00 e. The van der Waals surface area contributed by atoms with Crippen LogP contribution in [0.2, 0.25) is 0 Å². The molecule has 0 aliphatic carbocycles. The predicted molar refractivity (Wildman–Crippen MR) is 85.1 cm³/mol. The second-order valence-electron chi connectivity index (χ2n) is 4.34. The minimum Gasteiger partial charge on any atom is -1.00 e. The van der Waals surface area contributed by atoms with E-state index in [1.807, 2.05) is 0 Å². The van der Waals surface area contributed by atoms with Crippen LogP contribution in [0.3, 0.4) is 0 Å². The molecule has 0 amide bonds. The molecule has 0 saturated heterocycles. The SMILES string of the molecule is [Cl-].[Ru+2].c1ccc(P(c2ccccc2)c2ccccc2)cc1. The van der Waals surface area contributed by atoms with Gasteiger partial charge in [-0.3, -0.25) is 0 Å². The summed E-state index contributed by atoms with van der Waals surface area (Å²) in [6.45, 7) is 0. The van der Waals surface area contributed by atoms with E-state index in [0.717, 1.165) is 0 Å². The number of hydrogen-bond acceptors (Lipinski definition) is 0. The molecular formula is C18H15ClPRu+. The van der Waals surface area contributed by atoms with Gasteiger partial charge in [0.25, 0.3) is 0 Å². The minimum absolute atomic E-state index is 0. The maximum absolute atomic E-state index is 2.23. The predicted octanol–water partition coefficient (Wildman–Crippen LogP) is 0.446. The van der Waals surface area contributed by atoms with Crippen molar-refractivity contribution in [1.29, 1.82) is 0 Å².